The third-order valence-electron chi connectivity index (χ3n) is 4.50. The van der Waals surface area contributed by atoms with Gasteiger partial charge in [0.15, 0.2) is 0 Å². The van der Waals surface area contributed by atoms with Gasteiger partial charge in [0, 0.05) is 44.3 Å². The van der Waals surface area contributed by atoms with E-state index in [2.05, 4.69) is 63.7 Å². The average molecular weight is 774 g/mol. The highest BCUT2D eigenvalue weighted by Gasteiger charge is 2.30. The van der Waals surface area contributed by atoms with Gasteiger partial charge in [0.05, 0.1) is 24.3 Å². The summed E-state index contributed by atoms with van der Waals surface area (Å²) in [6, 6.07) is 0. The molecule has 14 heteroatoms. The van der Waals surface area contributed by atoms with Crippen LogP contribution in [0.4, 0.5) is 0 Å². The molecular weight excluding hydrogens is 744 g/mol. The van der Waals surface area contributed by atoms with E-state index in [4.69, 9.17) is 29.2 Å². The lowest BCUT2D eigenvalue weighted by molar-refractivity contribution is -0.0136. The highest BCUT2D eigenvalue weighted by atomic mass is 79.9. The minimum absolute atomic E-state index is 0.0552. The number of aliphatic hydroxyl groups is 4. The molecule has 206 valence electrons. The van der Waals surface area contributed by atoms with E-state index in [1.54, 1.807) is 0 Å². The molecular formula is C22H30Br4O10. The van der Waals surface area contributed by atoms with Gasteiger partial charge in [-0.2, -0.15) is 0 Å². The lowest BCUT2D eigenvalue weighted by Crippen LogP contribution is -2.27. The maximum Gasteiger partial charge on any atom is 0.340 e. The molecule has 2 unspecified atom stereocenters. The summed E-state index contributed by atoms with van der Waals surface area (Å²) in [5.74, 6) is -1.79. The summed E-state index contributed by atoms with van der Waals surface area (Å²) in [5, 5.41) is 37.6. The molecule has 10 nitrogen and oxygen atoms in total. The Kier molecular flexibility index (Phi) is 17.9. The zero-order valence-corrected chi connectivity index (χ0v) is 25.7. The Morgan fingerprint density at radius 3 is 1.31 bits per heavy atom. The van der Waals surface area contributed by atoms with E-state index in [0.29, 0.717) is 47.8 Å². The maximum atomic E-state index is 12.9. The van der Waals surface area contributed by atoms with Crippen LogP contribution in [0, 0.1) is 0 Å². The van der Waals surface area contributed by atoms with Crippen molar-refractivity contribution in [3.63, 3.8) is 0 Å². The molecule has 0 saturated heterocycles. The first kappa shape index (κ1) is 33.9. The molecule has 0 aromatic heterocycles. The molecule has 1 aromatic carbocycles. The summed E-state index contributed by atoms with van der Waals surface area (Å²) in [6.07, 6.45) is 0.249. The molecule has 4 N–H and O–H groups in total. The van der Waals surface area contributed by atoms with E-state index in [1.807, 2.05) is 0 Å². The third kappa shape index (κ3) is 11.7. The highest BCUT2D eigenvalue weighted by molar-refractivity contribution is 9.15. The van der Waals surface area contributed by atoms with Crippen LogP contribution in [-0.2, 0) is 18.9 Å². The molecule has 0 spiro atoms. The van der Waals surface area contributed by atoms with Crippen molar-refractivity contribution in [3.8, 4) is 0 Å². The topological polar surface area (TPSA) is 152 Å². The number of benzene rings is 1. The normalized spacial score (nSPS) is 12.9. The van der Waals surface area contributed by atoms with Crippen molar-refractivity contribution in [2.24, 2.45) is 0 Å². The minimum atomic E-state index is -1.09. The number of unbranched alkanes of at least 4 members (excludes halogenated alkanes) is 2. The Bertz CT molecular complexity index is 773. The third-order valence-corrected chi connectivity index (χ3v) is 9.27. The van der Waals surface area contributed by atoms with Crippen molar-refractivity contribution in [1.82, 2.24) is 0 Å². The molecule has 36 heavy (non-hydrogen) atoms. The first-order chi connectivity index (χ1) is 17.1. The Hall–Kier alpha value is -0.160. The predicted molar refractivity (Wildman–Crippen MR) is 144 cm³/mol. The smallest absolute Gasteiger partial charge is 0.340 e. The van der Waals surface area contributed by atoms with Crippen molar-refractivity contribution in [2.45, 2.75) is 37.9 Å². The van der Waals surface area contributed by atoms with Crippen molar-refractivity contribution in [3.05, 3.63) is 29.0 Å². The number of esters is 2. The largest absolute Gasteiger partial charge is 0.459 e. The van der Waals surface area contributed by atoms with Crippen LogP contribution in [0.2, 0.25) is 0 Å². The van der Waals surface area contributed by atoms with Gasteiger partial charge in [0.25, 0.3) is 0 Å². The fourth-order valence-corrected chi connectivity index (χ4v) is 5.11. The standard InChI is InChI=1S/C22H30Br4O10/c23-17-15(21(31)35-11-13(29)9-33-7-3-1-5-27)16(18(24)20(26)19(17)25)22(32)36-12-14(30)10-34-8-4-2-6-28/h13-14,27-30H,1-12H2. The molecule has 0 aliphatic heterocycles. The summed E-state index contributed by atoms with van der Waals surface area (Å²) < 4.78 is 22.3. The van der Waals surface area contributed by atoms with Crippen molar-refractivity contribution in [2.75, 3.05) is 52.9 Å². The van der Waals surface area contributed by atoms with Gasteiger partial charge < -0.3 is 39.4 Å². The van der Waals surface area contributed by atoms with Crippen LogP contribution in [0.25, 0.3) is 0 Å². The van der Waals surface area contributed by atoms with E-state index >= 15 is 0 Å². The fourth-order valence-electron chi connectivity index (χ4n) is 2.67. The number of aliphatic hydroxyl groups excluding tert-OH is 4. The first-order valence-corrected chi connectivity index (χ1v) is 14.3. The number of carbonyl (C=O) groups is 2. The number of hydrogen-bond donors (Lipinski definition) is 4. The Labute approximate surface area is 243 Å². The molecule has 0 fully saturated rings. The molecule has 2 atom stereocenters. The van der Waals surface area contributed by atoms with E-state index in [-0.39, 0.29) is 59.7 Å². The number of halogens is 4. The quantitative estimate of drug-likeness (QED) is 0.0757. The number of hydrogen-bond acceptors (Lipinski definition) is 10. The number of ether oxygens (including phenoxy) is 4. The van der Waals surface area contributed by atoms with Crippen LogP contribution in [0.5, 0.6) is 0 Å². The van der Waals surface area contributed by atoms with Gasteiger partial charge in [-0.3, -0.25) is 0 Å². The Balaban J connectivity index is 2.84. The van der Waals surface area contributed by atoms with Crippen LogP contribution in [-0.4, -0.2) is 97.4 Å². The summed E-state index contributed by atoms with van der Waals surface area (Å²) in [4.78, 5) is 25.8. The molecule has 0 aliphatic carbocycles. The highest BCUT2D eigenvalue weighted by Crippen LogP contribution is 2.42. The van der Waals surface area contributed by atoms with Crippen molar-refractivity contribution < 1.29 is 49.0 Å². The summed E-state index contributed by atoms with van der Waals surface area (Å²) in [6.45, 7) is -0.0858. The summed E-state index contributed by atoms with van der Waals surface area (Å²) in [5.41, 5.74) is -0.291. The van der Waals surface area contributed by atoms with E-state index in [1.165, 1.54) is 0 Å². The zero-order chi connectivity index (χ0) is 27.1. The number of rotatable bonds is 18. The Morgan fingerprint density at radius 1 is 0.611 bits per heavy atom. The second kappa shape index (κ2) is 19.0. The van der Waals surface area contributed by atoms with Crippen LogP contribution < -0.4 is 0 Å². The van der Waals surface area contributed by atoms with Gasteiger partial charge in [-0.15, -0.1) is 0 Å². The second-order valence-corrected chi connectivity index (χ2v) is 10.7. The molecule has 0 amide bonds. The van der Waals surface area contributed by atoms with Crippen molar-refractivity contribution in [1.29, 1.82) is 0 Å². The number of carbonyl (C=O) groups excluding carboxylic acids is 2. The van der Waals surface area contributed by atoms with Gasteiger partial charge in [0.2, 0.25) is 0 Å². The zero-order valence-electron chi connectivity index (χ0n) is 19.4. The van der Waals surface area contributed by atoms with E-state index in [0.717, 1.165) is 0 Å². The van der Waals surface area contributed by atoms with Gasteiger partial charge >= 0.3 is 11.9 Å². The van der Waals surface area contributed by atoms with Crippen LogP contribution in [0.15, 0.2) is 17.9 Å². The predicted octanol–water partition coefficient (Wildman–Crippen LogP) is 3.35. The molecule has 1 aromatic rings. The van der Waals surface area contributed by atoms with Gasteiger partial charge in [-0.05, 0) is 89.4 Å². The molecule has 0 aliphatic rings. The van der Waals surface area contributed by atoms with Crippen LogP contribution in [0.3, 0.4) is 0 Å². The molecule has 0 heterocycles. The minimum Gasteiger partial charge on any atom is -0.459 e. The second-order valence-electron chi connectivity index (χ2n) is 7.52. The molecule has 1 rings (SSSR count). The molecule has 0 radical (unpaired) electrons. The summed E-state index contributed by atoms with van der Waals surface area (Å²) >= 11 is 13.2. The van der Waals surface area contributed by atoms with Gasteiger partial charge in [-0.1, -0.05) is 0 Å². The Morgan fingerprint density at radius 2 is 0.972 bits per heavy atom. The summed E-state index contributed by atoms with van der Waals surface area (Å²) in [7, 11) is 0. The lowest BCUT2D eigenvalue weighted by Gasteiger charge is -2.18. The van der Waals surface area contributed by atoms with E-state index in [9.17, 15) is 19.8 Å². The van der Waals surface area contributed by atoms with Crippen LogP contribution >= 0.6 is 63.7 Å². The molecule has 0 bridgehead atoms. The van der Waals surface area contributed by atoms with E-state index < -0.39 is 24.1 Å². The van der Waals surface area contributed by atoms with Crippen molar-refractivity contribution >= 4 is 75.7 Å². The van der Waals surface area contributed by atoms with Gasteiger partial charge in [0.1, 0.15) is 25.4 Å². The lowest BCUT2D eigenvalue weighted by atomic mass is 10.1. The molecule has 0 saturated carbocycles. The monoisotopic (exact) mass is 770 g/mol. The first-order valence-electron chi connectivity index (χ1n) is 11.1. The fraction of sp³-hybridized carbons (Fsp3) is 0.636. The SMILES string of the molecule is O=C(OCC(O)COCCCCO)c1c(Br)c(Br)c(Br)c(Br)c1C(=O)OCC(O)COCCCCO. The van der Waals surface area contributed by atoms with Crippen LogP contribution in [0.1, 0.15) is 46.4 Å². The van der Waals surface area contributed by atoms with Gasteiger partial charge in [-0.25, -0.2) is 9.59 Å². The average Bonchev–Trinajstić information content (AvgIpc) is 2.86. The maximum absolute atomic E-state index is 12.9.